The van der Waals surface area contributed by atoms with Crippen molar-refractivity contribution in [2.45, 2.75) is 13.0 Å². The van der Waals surface area contributed by atoms with Crippen LogP contribution in [0.3, 0.4) is 0 Å². The molecule has 0 unspecified atom stereocenters. The summed E-state index contributed by atoms with van der Waals surface area (Å²) in [4.78, 5) is 28.0. The Labute approximate surface area is 141 Å². The molecule has 1 atom stereocenters. The predicted molar refractivity (Wildman–Crippen MR) is 84.2 cm³/mol. The van der Waals surface area contributed by atoms with Gasteiger partial charge in [0, 0.05) is 25.6 Å². The zero-order valence-corrected chi connectivity index (χ0v) is 13.4. The number of halogens is 1. The number of nitrogens with zero attached hydrogens (tertiary/aromatic N) is 4. The second kappa shape index (κ2) is 6.63. The Morgan fingerprint density at radius 2 is 2.04 bits per heavy atom. The molecule has 0 aliphatic rings. The first-order valence-electron chi connectivity index (χ1n) is 7.35. The molecule has 25 heavy (non-hydrogen) atoms. The quantitative estimate of drug-likeness (QED) is 0.762. The summed E-state index contributed by atoms with van der Waals surface area (Å²) in [7, 11) is 1.43. The van der Waals surface area contributed by atoms with Crippen LogP contribution in [0.1, 0.15) is 33.8 Å². The average Bonchev–Trinajstić information content (AvgIpc) is 3.02. The van der Waals surface area contributed by atoms with Gasteiger partial charge in [-0.1, -0.05) is 23.4 Å². The van der Waals surface area contributed by atoms with Gasteiger partial charge in [0.15, 0.2) is 5.82 Å². The number of carbonyl (C=O) groups is 1. The first kappa shape index (κ1) is 16.5. The lowest BCUT2D eigenvalue weighted by Gasteiger charge is -2.16. The molecule has 1 aromatic carbocycles. The van der Waals surface area contributed by atoms with Crippen molar-refractivity contribution in [2.75, 3.05) is 0 Å². The summed E-state index contributed by atoms with van der Waals surface area (Å²) in [6.45, 7) is 1.59. The minimum atomic E-state index is -0.967. The van der Waals surface area contributed by atoms with E-state index in [-0.39, 0.29) is 28.5 Å². The number of aromatic nitrogens is 4. The highest BCUT2D eigenvalue weighted by Crippen LogP contribution is 2.22. The Hall–Kier alpha value is -3.36. The lowest BCUT2D eigenvalue weighted by Crippen LogP contribution is -2.33. The SMILES string of the molecule is Cc1nc([C@@H](NC(=O)c2ccc(=O)n(C)n2)c2ccccc2F)no1. The second-order valence-corrected chi connectivity index (χ2v) is 5.28. The van der Waals surface area contributed by atoms with Gasteiger partial charge in [0.05, 0.1) is 0 Å². The molecule has 1 amide bonds. The average molecular weight is 343 g/mol. The van der Waals surface area contributed by atoms with Crippen LogP contribution in [0.25, 0.3) is 0 Å². The summed E-state index contributed by atoms with van der Waals surface area (Å²) in [5.74, 6) is -0.735. The van der Waals surface area contributed by atoms with E-state index >= 15 is 0 Å². The van der Waals surface area contributed by atoms with Crippen LogP contribution in [0.2, 0.25) is 0 Å². The number of aryl methyl sites for hydroxylation is 2. The molecule has 0 aliphatic carbocycles. The smallest absolute Gasteiger partial charge is 0.272 e. The molecule has 2 heterocycles. The predicted octanol–water partition coefficient (Wildman–Crippen LogP) is 1.13. The number of hydrogen-bond donors (Lipinski definition) is 1. The third-order valence-electron chi connectivity index (χ3n) is 3.49. The highest BCUT2D eigenvalue weighted by molar-refractivity contribution is 5.92. The van der Waals surface area contributed by atoms with Crippen LogP contribution < -0.4 is 10.9 Å². The molecule has 2 aromatic heterocycles. The Kier molecular flexibility index (Phi) is 4.38. The van der Waals surface area contributed by atoms with Crippen LogP contribution in [0.15, 0.2) is 45.7 Å². The fraction of sp³-hybridized carbons (Fsp3) is 0.188. The standard InChI is InChI=1S/C16H14FN5O3/c1-9-18-15(21-25-9)14(10-5-3-4-6-11(10)17)19-16(24)12-7-8-13(23)22(2)20-12/h3-8,14H,1-2H3,(H,19,24)/t14-/m0/s1. The summed E-state index contributed by atoms with van der Waals surface area (Å²) in [5, 5.41) is 10.3. The van der Waals surface area contributed by atoms with E-state index in [4.69, 9.17) is 4.52 Å². The molecule has 9 heteroatoms. The molecular weight excluding hydrogens is 329 g/mol. The molecule has 0 aliphatic heterocycles. The fourth-order valence-electron chi connectivity index (χ4n) is 2.25. The summed E-state index contributed by atoms with van der Waals surface area (Å²) < 4.78 is 20.2. The third kappa shape index (κ3) is 3.44. The van der Waals surface area contributed by atoms with E-state index in [1.165, 1.54) is 37.4 Å². The molecule has 0 radical (unpaired) electrons. The molecule has 3 rings (SSSR count). The Bertz CT molecular complexity index is 982. The third-order valence-corrected chi connectivity index (χ3v) is 3.49. The van der Waals surface area contributed by atoms with Crippen molar-refractivity contribution >= 4 is 5.91 Å². The lowest BCUT2D eigenvalue weighted by molar-refractivity contribution is 0.0933. The van der Waals surface area contributed by atoms with E-state index in [2.05, 4.69) is 20.6 Å². The van der Waals surface area contributed by atoms with Crippen molar-refractivity contribution < 1.29 is 13.7 Å². The number of rotatable bonds is 4. The molecule has 0 saturated heterocycles. The van der Waals surface area contributed by atoms with E-state index < -0.39 is 17.8 Å². The maximum Gasteiger partial charge on any atom is 0.272 e. The van der Waals surface area contributed by atoms with Gasteiger partial charge >= 0.3 is 0 Å². The highest BCUT2D eigenvalue weighted by atomic mass is 19.1. The molecule has 0 saturated carbocycles. The number of hydrogen-bond acceptors (Lipinski definition) is 6. The van der Waals surface area contributed by atoms with Gasteiger partial charge in [-0.25, -0.2) is 9.07 Å². The lowest BCUT2D eigenvalue weighted by atomic mass is 10.1. The molecule has 0 spiro atoms. The summed E-state index contributed by atoms with van der Waals surface area (Å²) in [6.07, 6.45) is 0. The Morgan fingerprint density at radius 1 is 1.28 bits per heavy atom. The molecule has 0 fully saturated rings. The van der Waals surface area contributed by atoms with E-state index in [1.54, 1.807) is 13.0 Å². The minimum absolute atomic E-state index is 0.00339. The van der Waals surface area contributed by atoms with Crippen molar-refractivity contribution in [1.82, 2.24) is 25.2 Å². The van der Waals surface area contributed by atoms with Crippen LogP contribution in [0, 0.1) is 12.7 Å². The van der Waals surface area contributed by atoms with Crippen LogP contribution in [-0.2, 0) is 7.05 Å². The topological polar surface area (TPSA) is 103 Å². The molecule has 1 N–H and O–H groups in total. The van der Waals surface area contributed by atoms with Gasteiger partial charge in [0.25, 0.3) is 11.5 Å². The number of nitrogens with one attached hydrogen (secondary N) is 1. The molecule has 8 nitrogen and oxygen atoms in total. The number of carbonyl (C=O) groups excluding carboxylic acids is 1. The monoisotopic (exact) mass is 343 g/mol. The van der Waals surface area contributed by atoms with Gasteiger partial charge in [0.2, 0.25) is 5.89 Å². The Morgan fingerprint density at radius 3 is 2.68 bits per heavy atom. The molecule has 3 aromatic rings. The van der Waals surface area contributed by atoms with Crippen LogP contribution >= 0.6 is 0 Å². The van der Waals surface area contributed by atoms with Crippen molar-refractivity contribution in [3.8, 4) is 0 Å². The summed E-state index contributed by atoms with van der Waals surface area (Å²) in [5.41, 5.74) is -0.166. The van der Waals surface area contributed by atoms with Crippen LogP contribution in [0.4, 0.5) is 4.39 Å². The maximum atomic E-state index is 14.2. The zero-order chi connectivity index (χ0) is 18.0. The van der Waals surface area contributed by atoms with Crippen molar-refractivity contribution in [3.63, 3.8) is 0 Å². The van der Waals surface area contributed by atoms with Crippen molar-refractivity contribution in [1.29, 1.82) is 0 Å². The van der Waals surface area contributed by atoms with Gasteiger partial charge in [-0.15, -0.1) is 0 Å². The first-order chi connectivity index (χ1) is 12.0. The van der Waals surface area contributed by atoms with Crippen LogP contribution in [0.5, 0.6) is 0 Å². The largest absolute Gasteiger partial charge is 0.340 e. The van der Waals surface area contributed by atoms with E-state index in [1.807, 2.05) is 0 Å². The van der Waals surface area contributed by atoms with Crippen molar-refractivity contribution in [3.05, 3.63) is 75.5 Å². The molecule has 0 bridgehead atoms. The summed E-state index contributed by atoms with van der Waals surface area (Å²) in [6, 6.07) is 7.50. The fourth-order valence-corrected chi connectivity index (χ4v) is 2.25. The molecule has 128 valence electrons. The highest BCUT2D eigenvalue weighted by Gasteiger charge is 2.25. The molecular formula is C16H14FN5O3. The second-order valence-electron chi connectivity index (χ2n) is 5.28. The van der Waals surface area contributed by atoms with Crippen molar-refractivity contribution in [2.24, 2.45) is 7.05 Å². The van der Waals surface area contributed by atoms with E-state index in [9.17, 15) is 14.0 Å². The summed E-state index contributed by atoms with van der Waals surface area (Å²) >= 11 is 0. The maximum absolute atomic E-state index is 14.2. The van der Waals surface area contributed by atoms with Gasteiger partial charge < -0.3 is 9.84 Å². The van der Waals surface area contributed by atoms with E-state index in [0.29, 0.717) is 0 Å². The number of benzene rings is 1. The zero-order valence-electron chi connectivity index (χ0n) is 13.4. The minimum Gasteiger partial charge on any atom is -0.340 e. The van der Waals surface area contributed by atoms with Gasteiger partial charge in [-0.05, 0) is 12.1 Å². The normalized spacial score (nSPS) is 12.0. The van der Waals surface area contributed by atoms with Gasteiger partial charge in [0.1, 0.15) is 17.6 Å². The van der Waals surface area contributed by atoms with Gasteiger partial charge in [-0.3, -0.25) is 9.59 Å². The first-order valence-corrected chi connectivity index (χ1v) is 7.35. The van der Waals surface area contributed by atoms with Gasteiger partial charge in [-0.2, -0.15) is 10.1 Å². The van der Waals surface area contributed by atoms with Crippen LogP contribution in [-0.4, -0.2) is 25.8 Å². The van der Waals surface area contributed by atoms with E-state index in [0.717, 1.165) is 4.68 Å². The Balaban J connectivity index is 1.97. The number of amides is 1.